The SMILES string of the molecule is O=C(NCc1ccccc1)C1=NO[C@]2(COCC[C@@H]2NS(=O)(=O)c2ccccc2)C1. The normalized spacial score (nSPS) is 23.6. The summed E-state index contributed by atoms with van der Waals surface area (Å²) in [5.74, 6) is -0.342. The van der Waals surface area contributed by atoms with Crippen LogP contribution in [0.15, 0.2) is 70.7 Å². The van der Waals surface area contributed by atoms with Crippen molar-refractivity contribution in [3.05, 3.63) is 66.2 Å². The van der Waals surface area contributed by atoms with Gasteiger partial charge in [0.15, 0.2) is 5.60 Å². The second-order valence-electron chi connectivity index (χ2n) is 7.37. The van der Waals surface area contributed by atoms with Gasteiger partial charge in [0.25, 0.3) is 5.91 Å². The minimum atomic E-state index is -3.74. The predicted molar refractivity (Wildman–Crippen MR) is 110 cm³/mol. The van der Waals surface area contributed by atoms with E-state index < -0.39 is 21.7 Å². The van der Waals surface area contributed by atoms with Crippen LogP contribution in [0, 0.1) is 0 Å². The minimum absolute atomic E-state index is 0.147. The van der Waals surface area contributed by atoms with Gasteiger partial charge in [0.05, 0.1) is 17.5 Å². The summed E-state index contributed by atoms with van der Waals surface area (Å²) in [6, 6.07) is 17.1. The molecule has 2 atom stereocenters. The van der Waals surface area contributed by atoms with Gasteiger partial charge in [-0.3, -0.25) is 4.79 Å². The average molecular weight is 429 g/mol. The maximum atomic E-state index is 12.8. The molecule has 2 heterocycles. The molecular weight excluding hydrogens is 406 g/mol. The summed E-state index contributed by atoms with van der Waals surface area (Å²) in [6.45, 7) is 0.906. The topological polar surface area (TPSA) is 106 Å². The van der Waals surface area contributed by atoms with Gasteiger partial charge in [-0.25, -0.2) is 13.1 Å². The number of nitrogens with zero attached hydrogens (tertiary/aromatic N) is 1. The number of oxime groups is 1. The first-order chi connectivity index (χ1) is 14.5. The second kappa shape index (κ2) is 8.55. The number of carbonyl (C=O) groups is 1. The maximum Gasteiger partial charge on any atom is 0.269 e. The summed E-state index contributed by atoms with van der Waals surface area (Å²) in [5.41, 5.74) is 0.148. The van der Waals surface area contributed by atoms with Crippen LogP contribution in [0.4, 0.5) is 0 Å². The molecule has 2 aromatic rings. The molecule has 0 radical (unpaired) electrons. The van der Waals surface area contributed by atoms with Gasteiger partial charge in [-0.2, -0.15) is 0 Å². The number of nitrogens with one attached hydrogen (secondary N) is 2. The molecule has 1 spiro atoms. The number of hydrogen-bond acceptors (Lipinski definition) is 6. The molecule has 0 unspecified atom stereocenters. The van der Waals surface area contributed by atoms with Crippen LogP contribution in [-0.4, -0.2) is 44.9 Å². The molecule has 0 aliphatic carbocycles. The second-order valence-corrected chi connectivity index (χ2v) is 9.08. The first-order valence-corrected chi connectivity index (χ1v) is 11.2. The molecule has 2 aromatic carbocycles. The molecule has 2 aliphatic heterocycles. The lowest BCUT2D eigenvalue weighted by atomic mass is 9.86. The Balaban J connectivity index is 1.43. The molecule has 2 N–H and O–H groups in total. The number of sulfonamides is 1. The number of benzene rings is 2. The van der Waals surface area contributed by atoms with Crippen molar-refractivity contribution in [2.45, 2.75) is 35.9 Å². The van der Waals surface area contributed by atoms with Crippen molar-refractivity contribution < 1.29 is 22.8 Å². The van der Waals surface area contributed by atoms with Crippen molar-refractivity contribution in [1.29, 1.82) is 0 Å². The summed E-state index contributed by atoms with van der Waals surface area (Å²) in [5, 5.41) is 6.79. The Hall–Kier alpha value is -2.75. The van der Waals surface area contributed by atoms with Gasteiger partial charge in [0.1, 0.15) is 5.71 Å². The number of amides is 1. The van der Waals surface area contributed by atoms with E-state index in [0.29, 0.717) is 19.6 Å². The van der Waals surface area contributed by atoms with Gasteiger partial charge >= 0.3 is 0 Å². The summed E-state index contributed by atoms with van der Waals surface area (Å²) in [4.78, 5) is 18.4. The molecule has 30 heavy (non-hydrogen) atoms. The lowest BCUT2D eigenvalue weighted by Crippen LogP contribution is -2.58. The monoisotopic (exact) mass is 429 g/mol. The molecule has 9 heteroatoms. The Morgan fingerprint density at radius 2 is 1.80 bits per heavy atom. The zero-order valence-electron chi connectivity index (χ0n) is 16.3. The zero-order valence-corrected chi connectivity index (χ0v) is 17.1. The molecule has 0 bridgehead atoms. The molecule has 8 nitrogen and oxygen atoms in total. The van der Waals surface area contributed by atoms with Crippen LogP contribution in [0.25, 0.3) is 0 Å². The molecular formula is C21H23N3O5S. The third-order valence-corrected chi connectivity index (χ3v) is 6.73. The third kappa shape index (κ3) is 4.38. The van der Waals surface area contributed by atoms with Gasteiger partial charge in [0.2, 0.25) is 10.0 Å². The number of carbonyl (C=O) groups excluding carboxylic acids is 1. The summed E-state index contributed by atoms with van der Waals surface area (Å²) >= 11 is 0. The van der Waals surface area contributed by atoms with Gasteiger partial charge in [-0.15, -0.1) is 0 Å². The van der Waals surface area contributed by atoms with Crippen LogP contribution in [0.2, 0.25) is 0 Å². The number of rotatable bonds is 6. The first-order valence-electron chi connectivity index (χ1n) is 9.71. The van der Waals surface area contributed by atoms with E-state index in [1.807, 2.05) is 30.3 Å². The van der Waals surface area contributed by atoms with Crippen molar-refractivity contribution in [2.24, 2.45) is 5.16 Å². The molecule has 4 rings (SSSR count). The smallest absolute Gasteiger partial charge is 0.269 e. The lowest BCUT2D eigenvalue weighted by molar-refractivity contribution is -0.126. The number of ether oxygens (including phenoxy) is 1. The molecule has 0 aromatic heterocycles. The largest absolute Gasteiger partial charge is 0.384 e. The van der Waals surface area contributed by atoms with Crippen LogP contribution < -0.4 is 10.0 Å². The average Bonchev–Trinajstić information content (AvgIpc) is 3.20. The molecule has 1 saturated heterocycles. The van der Waals surface area contributed by atoms with E-state index >= 15 is 0 Å². The molecule has 1 fully saturated rings. The molecule has 1 amide bonds. The van der Waals surface area contributed by atoms with Crippen molar-refractivity contribution in [1.82, 2.24) is 10.0 Å². The standard InChI is InChI=1S/C21H23N3O5S/c25-20(22-14-16-7-3-1-4-8-16)18-13-21(29-23-18)15-28-12-11-19(21)24-30(26,27)17-9-5-2-6-10-17/h1-10,19,24H,11-15H2,(H,22,25)/t19-,21-/m0/s1. The van der Waals surface area contributed by atoms with Crippen LogP contribution in [0.3, 0.4) is 0 Å². The predicted octanol–water partition coefficient (Wildman–Crippen LogP) is 1.59. The minimum Gasteiger partial charge on any atom is -0.384 e. The fourth-order valence-corrected chi connectivity index (χ4v) is 4.95. The molecule has 158 valence electrons. The molecule has 2 aliphatic rings. The van der Waals surface area contributed by atoms with Crippen LogP contribution in [-0.2, 0) is 30.9 Å². The fourth-order valence-electron chi connectivity index (χ4n) is 3.59. The van der Waals surface area contributed by atoms with Crippen LogP contribution in [0.5, 0.6) is 0 Å². The Morgan fingerprint density at radius 1 is 1.10 bits per heavy atom. The Morgan fingerprint density at radius 3 is 2.53 bits per heavy atom. The summed E-state index contributed by atoms with van der Waals surface area (Å²) < 4.78 is 33.9. The highest BCUT2D eigenvalue weighted by Crippen LogP contribution is 2.33. The van der Waals surface area contributed by atoms with Crippen molar-refractivity contribution in [3.63, 3.8) is 0 Å². The lowest BCUT2D eigenvalue weighted by Gasteiger charge is -2.38. The van der Waals surface area contributed by atoms with Crippen LogP contribution >= 0.6 is 0 Å². The van der Waals surface area contributed by atoms with Crippen molar-refractivity contribution in [3.8, 4) is 0 Å². The van der Waals surface area contributed by atoms with E-state index in [1.54, 1.807) is 18.2 Å². The van der Waals surface area contributed by atoms with E-state index in [2.05, 4.69) is 15.2 Å². The highest BCUT2D eigenvalue weighted by Gasteiger charge is 2.51. The van der Waals surface area contributed by atoms with E-state index in [9.17, 15) is 13.2 Å². The van der Waals surface area contributed by atoms with E-state index in [4.69, 9.17) is 9.57 Å². The van der Waals surface area contributed by atoms with E-state index in [1.165, 1.54) is 12.1 Å². The quantitative estimate of drug-likeness (QED) is 0.725. The van der Waals surface area contributed by atoms with Crippen molar-refractivity contribution in [2.75, 3.05) is 13.2 Å². The highest BCUT2D eigenvalue weighted by molar-refractivity contribution is 7.89. The fraction of sp³-hybridized carbons (Fsp3) is 0.333. The summed E-state index contributed by atoms with van der Waals surface area (Å²) in [6.07, 6.45) is 0.579. The Kier molecular flexibility index (Phi) is 5.85. The van der Waals surface area contributed by atoms with E-state index in [0.717, 1.165) is 5.56 Å². The van der Waals surface area contributed by atoms with Gasteiger partial charge in [0, 0.05) is 19.6 Å². The Bertz CT molecular complexity index is 1030. The number of hydrogen-bond donors (Lipinski definition) is 2. The maximum absolute atomic E-state index is 12.8. The molecule has 0 saturated carbocycles. The van der Waals surface area contributed by atoms with Gasteiger partial charge in [-0.05, 0) is 24.1 Å². The third-order valence-electron chi connectivity index (χ3n) is 5.25. The summed E-state index contributed by atoms with van der Waals surface area (Å²) in [7, 11) is -3.74. The van der Waals surface area contributed by atoms with Crippen LogP contribution in [0.1, 0.15) is 18.4 Å². The first kappa shape index (κ1) is 20.5. The van der Waals surface area contributed by atoms with Crippen molar-refractivity contribution >= 4 is 21.6 Å². The van der Waals surface area contributed by atoms with Gasteiger partial charge in [-0.1, -0.05) is 53.7 Å². The van der Waals surface area contributed by atoms with Gasteiger partial charge < -0.3 is 14.9 Å². The Labute approximate surface area is 175 Å². The van der Waals surface area contributed by atoms with E-state index in [-0.39, 0.29) is 29.5 Å². The highest BCUT2D eigenvalue weighted by atomic mass is 32.2. The zero-order chi connectivity index (χ0) is 21.0.